The Morgan fingerprint density at radius 1 is 0.871 bits per heavy atom. The minimum absolute atomic E-state index is 0.252. The van der Waals surface area contributed by atoms with E-state index in [1.165, 1.54) is 18.2 Å². The molecule has 4 nitrogen and oxygen atoms in total. The molecule has 0 bridgehead atoms. The zero-order valence-corrected chi connectivity index (χ0v) is 18.8. The number of halogens is 3. The van der Waals surface area contributed by atoms with Crippen LogP contribution in [0, 0.1) is 11.6 Å². The summed E-state index contributed by atoms with van der Waals surface area (Å²) in [5, 5.41) is 0.442. The Balaban J connectivity index is 1.55. The normalized spacial score (nSPS) is 15.6. The van der Waals surface area contributed by atoms with E-state index in [4.69, 9.17) is 17.3 Å². The van der Waals surface area contributed by atoms with Crippen molar-refractivity contribution in [2.75, 3.05) is 52.4 Å². The van der Waals surface area contributed by atoms with Crippen LogP contribution in [0.1, 0.15) is 24.0 Å². The Morgan fingerprint density at radius 3 is 2.13 bits per heavy atom. The maximum atomic E-state index is 14.4. The van der Waals surface area contributed by atoms with E-state index in [9.17, 15) is 8.78 Å². The molecule has 2 aromatic carbocycles. The third-order valence-corrected chi connectivity index (χ3v) is 6.21. The van der Waals surface area contributed by atoms with Crippen molar-refractivity contribution in [3.05, 3.63) is 70.2 Å². The quantitative estimate of drug-likeness (QED) is 0.561. The zero-order valence-electron chi connectivity index (χ0n) is 18.1. The molecule has 1 heterocycles. The van der Waals surface area contributed by atoms with Crippen LogP contribution in [0.4, 0.5) is 8.78 Å². The van der Waals surface area contributed by atoms with E-state index in [1.807, 2.05) is 0 Å². The lowest BCUT2D eigenvalue weighted by molar-refractivity contribution is 0.125. The van der Waals surface area contributed by atoms with Crippen molar-refractivity contribution in [3.63, 3.8) is 0 Å². The second-order valence-electron chi connectivity index (χ2n) is 8.22. The van der Waals surface area contributed by atoms with Crippen molar-refractivity contribution in [2.45, 2.75) is 25.9 Å². The Hall–Kier alpha value is -1.57. The van der Waals surface area contributed by atoms with Crippen LogP contribution in [0.5, 0.6) is 0 Å². The third-order valence-electron chi connectivity index (χ3n) is 5.85. The monoisotopic (exact) mass is 450 g/mol. The van der Waals surface area contributed by atoms with Gasteiger partial charge in [-0.2, -0.15) is 0 Å². The summed E-state index contributed by atoms with van der Waals surface area (Å²) < 4.78 is 27.6. The number of nitrogens with two attached hydrogens (primary N) is 1. The van der Waals surface area contributed by atoms with Gasteiger partial charge in [-0.3, -0.25) is 4.90 Å². The molecule has 31 heavy (non-hydrogen) atoms. The predicted octanol–water partition coefficient (Wildman–Crippen LogP) is 3.98. The molecule has 0 aromatic heterocycles. The minimum atomic E-state index is -0.287. The highest BCUT2D eigenvalue weighted by atomic mass is 35.5. The number of piperazine rings is 1. The highest BCUT2D eigenvalue weighted by molar-refractivity contribution is 6.31. The molecule has 1 fully saturated rings. The van der Waals surface area contributed by atoms with Gasteiger partial charge < -0.3 is 15.5 Å². The molecule has 1 aliphatic rings. The van der Waals surface area contributed by atoms with Crippen LogP contribution in [-0.2, 0) is 13.1 Å². The van der Waals surface area contributed by atoms with Crippen molar-refractivity contribution in [2.24, 2.45) is 5.73 Å². The smallest absolute Gasteiger partial charge is 0.129 e. The molecule has 0 spiro atoms. The van der Waals surface area contributed by atoms with Crippen molar-refractivity contribution < 1.29 is 8.78 Å². The maximum Gasteiger partial charge on any atom is 0.129 e. The van der Waals surface area contributed by atoms with Crippen LogP contribution in [-0.4, -0.2) is 67.1 Å². The fraction of sp³-hybridized carbons (Fsp3) is 0.500. The summed E-state index contributed by atoms with van der Waals surface area (Å²) in [5.41, 5.74) is 7.13. The van der Waals surface area contributed by atoms with E-state index in [-0.39, 0.29) is 11.6 Å². The largest absolute Gasteiger partial charge is 0.330 e. The predicted molar refractivity (Wildman–Crippen MR) is 123 cm³/mol. The summed E-state index contributed by atoms with van der Waals surface area (Å²) >= 11 is 6.27. The first kappa shape index (κ1) is 24.1. The molecule has 0 aliphatic carbocycles. The first-order valence-electron chi connectivity index (χ1n) is 11.1. The lowest BCUT2D eigenvalue weighted by Gasteiger charge is -2.35. The Kier molecular flexibility index (Phi) is 9.68. The molecule has 3 rings (SSSR count). The summed E-state index contributed by atoms with van der Waals surface area (Å²) in [4.78, 5) is 7.16. The van der Waals surface area contributed by atoms with Gasteiger partial charge in [0.25, 0.3) is 0 Å². The lowest BCUT2D eigenvalue weighted by Crippen LogP contribution is -2.47. The van der Waals surface area contributed by atoms with Gasteiger partial charge in [-0.25, -0.2) is 8.78 Å². The number of nitrogens with zero attached hydrogens (tertiary/aromatic N) is 3. The van der Waals surface area contributed by atoms with Gasteiger partial charge >= 0.3 is 0 Å². The van der Waals surface area contributed by atoms with E-state index in [2.05, 4.69) is 14.7 Å². The van der Waals surface area contributed by atoms with Gasteiger partial charge in [-0.15, -0.1) is 0 Å². The van der Waals surface area contributed by atoms with Crippen LogP contribution in [0.15, 0.2) is 42.5 Å². The lowest BCUT2D eigenvalue weighted by atomic mass is 10.1. The van der Waals surface area contributed by atoms with Gasteiger partial charge in [0.15, 0.2) is 0 Å². The molecule has 1 saturated heterocycles. The Morgan fingerprint density at radius 2 is 1.52 bits per heavy atom. The molecule has 0 radical (unpaired) electrons. The topological polar surface area (TPSA) is 35.7 Å². The fourth-order valence-electron chi connectivity index (χ4n) is 4.04. The van der Waals surface area contributed by atoms with Crippen LogP contribution in [0.2, 0.25) is 5.02 Å². The molecule has 7 heteroatoms. The summed E-state index contributed by atoms with van der Waals surface area (Å²) in [5.74, 6) is -0.539. The average molecular weight is 451 g/mol. The molecule has 2 aromatic rings. The number of benzene rings is 2. The van der Waals surface area contributed by atoms with Gasteiger partial charge in [0, 0.05) is 56.4 Å². The van der Waals surface area contributed by atoms with Gasteiger partial charge in [0.1, 0.15) is 11.6 Å². The van der Waals surface area contributed by atoms with E-state index >= 15 is 0 Å². The summed E-state index contributed by atoms with van der Waals surface area (Å²) in [6.07, 6.45) is 2.03. The van der Waals surface area contributed by atoms with Crippen molar-refractivity contribution in [1.82, 2.24) is 14.7 Å². The molecule has 0 saturated carbocycles. The van der Waals surface area contributed by atoms with Crippen molar-refractivity contribution in [1.29, 1.82) is 0 Å². The maximum absolute atomic E-state index is 14.4. The van der Waals surface area contributed by atoms with Crippen LogP contribution in [0.25, 0.3) is 0 Å². The first-order valence-corrected chi connectivity index (χ1v) is 11.5. The number of hydrogen-bond acceptors (Lipinski definition) is 4. The SMILES string of the molecule is NCCCN1CCN(CCCN(Cc2ccc(F)cc2)Cc2c(F)cccc2Cl)CC1. The van der Waals surface area contributed by atoms with E-state index < -0.39 is 0 Å². The zero-order chi connectivity index (χ0) is 22.1. The number of rotatable bonds is 11. The third kappa shape index (κ3) is 7.81. The minimum Gasteiger partial charge on any atom is -0.330 e. The fourth-order valence-corrected chi connectivity index (χ4v) is 4.26. The molecule has 0 amide bonds. The summed E-state index contributed by atoms with van der Waals surface area (Å²) in [6.45, 7) is 9.02. The van der Waals surface area contributed by atoms with Crippen LogP contribution < -0.4 is 5.73 Å². The van der Waals surface area contributed by atoms with E-state index in [0.29, 0.717) is 23.7 Å². The highest BCUT2D eigenvalue weighted by Crippen LogP contribution is 2.22. The van der Waals surface area contributed by atoms with Crippen molar-refractivity contribution >= 4 is 11.6 Å². The molecule has 1 aliphatic heterocycles. The Labute approximate surface area is 189 Å². The molecule has 170 valence electrons. The summed E-state index contributed by atoms with van der Waals surface area (Å²) in [7, 11) is 0. The molecule has 2 N–H and O–H groups in total. The molecule has 0 unspecified atom stereocenters. The van der Waals surface area contributed by atoms with Crippen LogP contribution >= 0.6 is 11.6 Å². The molecular formula is C24H33ClF2N4. The Bertz CT molecular complexity index is 774. The highest BCUT2D eigenvalue weighted by Gasteiger charge is 2.17. The van der Waals surface area contributed by atoms with Crippen LogP contribution in [0.3, 0.4) is 0 Å². The number of hydrogen-bond donors (Lipinski definition) is 1. The van der Waals surface area contributed by atoms with Gasteiger partial charge in [-0.1, -0.05) is 29.8 Å². The van der Waals surface area contributed by atoms with Gasteiger partial charge in [0.05, 0.1) is 0 Å². The van der Waals surface area contributed by atoms with E-state index in [1.54, 1.807) is 24.3 Å². The molecule has 0 atom stereocenters. The first-order chi connectivity index (χ1) is 15.0. The second-order valence-corrected chi connectivity index (χ2v) is 8.62. The molecular weight excluding hydrogens is 418 g/mol. The second kappa shape index (κ2) is 12.5. The van der Waals surface area contributed by atoms with Crippen molar-refractivity contribution in [3.8, 4) is 0 Å². The van der Waals surface area contributed by atoms with Gasteiger partial charge in [-0.05, 0) is 62.3 Å². The van der Waals surface area contributed by atoms with E-state index in [0.717, 1.165) is 70.8 Å². The summed E-state index contributed by atoms with van der Waals surface area (Å²) in [6, 6.07) is 11.3. The van der Waals surface area contributed by atoms with Gasteiger partial charge in [0.2, 0.25) is 0 Å². The average Bonchev–Trinajstić information content (AvgIpc) is 2.77. The standard InChI is InChI=1S/C24H33ClF2N4/c25-23-4-1-5-24(27)22(23)19-31(18-20-6-8-21(26)9-7-20)13-3-12-30-16-14-29(15-17-30)11-2-10-28/h1,4-9H,2-3,10-19,28H2.